The van der Waals surface area contributed by atoms with Gasteiger partial charge in [0.05, 0.1) is 10.7 Å². The van der Waals surface area contributed by atoms with E-state index in [4.69, 9.17) is 20.2 Å². The third-order valence-corrected chi connectivity index (χ3v) is 7.78. The van der Waals surface area contributed by atoms with Gasteiger partial charge in [0, 0.05) is 58.7 Å². The molecule has 3 unspecified atom stereocenters. The molecule has 0 aromatic carbocycles. The van der Waals surface area contributed by atoms with E-state index in [1.165, 1.54) is 0 Å². The fourth-order valence-electron chi connectivity index (χ4n) is 4.60. The minimum absolute atomic E-state index is 0.250. The smallest absolute Gasteiger partial charge is 0.177 e. The Labute approximate surface area is 196 Å². The highest BCUT2D eigenvalue weighted by atomic mass is 32.1. The van der Waals surface area contributed by atoms with Gasteiger partial charge in [-0.25, -0.2) is 4.98 Å². The molecule has 0 aliphatic carbocycles. The molecule has 0 saturated heterocycles. The molecule has 33 heavy (non-hydrogen) atoms. The predicted octanol–water partition coefficient (Wildman–Crippen LogP) is 5.96. The van der Waals surface area contributed by atoms with E-state index in [1.807, 2.05) is 24.7 Å². The summed E-state index contributed by atoms with van der Waals surface area (Å²) in [5.74, 6) is 2.14. The number of nitrogens with two attached hydrogens (primary N) is 1. The Morgan fingerprint density at radius 2 is 2.12 bits per heavy atom. The molecule has 5 heterocycles. The fourth-order valence-corrected chi connectivity index (χ4v) is 5.52. The molecule has 0 fully saturated rings. The first kappa shape index (κ1) is 21.8. The second-order valence-electron chi connectivity index (χ2n) is 8.87. The van der Waals surface area contributed by atoms with E-state index in [0.29, 0.717) is 23.2 Å². The van der Waals surface area contributed by atoms with Crippen LogP contribution in [-0.4, -0.2) is 33.9 Å². The summed E-state index contributed by atoms with van der Waals surface area (Å²) in [4.78, 5) is 13.5. The average Bonchev–Trinajstić information content (AvgIpc) is 3.47. The average molecular weight is 461 g/mol. The van der Waals surface area contributed by atoms with Crippen LogP contribution in [0.25, 0.3) is 38.0 Å². The second-order valence-corrected chi connectivity index (χ2v) is 9.79. The molecule has 7 heteroatoms. The number of hydrogen-bond donors (Lipinski definition) is 2. The maximum Gasteiger partial charge on any atom is 0.177 e. The summed E-state index contributed by atoms with van der Waals surface area (Å²) in [5, 5.41) is 13.3. The maximum atomic E-state index is 9.12. The van der Waals surface area contributed by atoms with Crippen LogP contribution in [0.3, 0.4) is 0 Å². The van der Waals surface area contributed by atoms with E-state index >= 15 is 0 Å². The number of thiophene rings is 1. The third-order valence-electron chi connectivity index (χ3n) is 6.85. The van der Waals surface area contributed by atoms with Crippen LogP contribution in [0.5, 0.6) is 0 Å². The highest BCUT2D eigenvalue weighted by Gasteiger charge is 2.24. The number of nitrogen functional groups attached to an aromatic ring is 1. The number of aliphatic hydroxyl groups is 1. The van der Waals surface area contributed by atoms with Crippen molar-refractivity contribution < 1.29 is 9.52 Å². The first-order chi connectivity index (χ1) is 16.1. The molecule has 4 aromatic heterocycles. The Morgan fingerprint density at radius 3 is 2.91 bits per heavy atom. The van der Waals surface area contributed by atoms with Crippen molar-refractivity contribution in [3.63, 3.8) is 0 Å². The number of nitrogens with zero attached hydrogens (tertiary/aromatic N) is 3. The summed E-state index contributed by atoms with van der Waals surface area (Å²) >= 11 is 1.65. The molecular formula is C26H28N4O2S. The van der Waals surface area contributed by atoms with Crippen molar-refractivity contribution in [1.82, 2.24) is 9.97 Å². The van der Waals surface area contributed by atoms with Gasteiger partial charge < -0.3 is 15.3 Å². The summed E-state index contributed by atoms with van der Waals surface area (Å²) in [6.07, 6.45) is 12.5. The number of pyridine rings is 2. The number of furan rings is 1. The molecule has 0 bridgehead atoms. The number of allylic oxidation sites excluding steroid dienone is 1. The summed E-state index contributed by atoms with van der Waals surface area (Å²) in [6, 6.07) is 4.33. The molecular weight excluding hydrogens is 432 g/mol. The van der Waals surface area contributed by atoms with E-state index in [9.17, 15) is 0 Å². The second kappa shape index (κ2) is 9.08. The van der Waals surface area contributed by atoms with Gasteiger partial charge in [-0.3, -0.25) is 9.98 Å². The number of aromatic nitrogens is 2. The first-order valence-corrected chi connectivity index (χ1v) is 12.3. The molecule has 170 valence electrons. The van der Waals surface area contributed by atoms with Gasteiger partial charge in [-0.15, -0.1) is 11.3 Å². The quantitative estimate of drug-likeness (QED) is 0.355. The summed E-state index contributed by atoms with van der Waals surface area (Å²) in [5.41, 5.74) is 9.87. The molecule has 3 atom stereocenters. The minimum atomic E-state index is 0.250. The standard InChI is InChI=1S/C26H28N4O2S/c1-15(4-3-9-31)16(2)22-6-5-17(11-29-22)20-12-30-26(27)25-19(20)10-23(32-25)21-14-33-24-13-28-8-7-18(21)24/h5,7-8,10-16,22,31H,3-4,6,9H2,1-2H3,(H2,27,30). The Hall–Kier alpha value is -3.03. The number of dihydropyridines is 1. The van der Waals surface area contributed by atoms with Gasteiger partial charge in [-0.05, 0) is 48.8 Å². The summed E-state index contributed by atoms with van der Waals surface area (Å²) < 4.78 is 7.34. The van der Waals surface area contributed by atoms with Crippen LogP contribution in [0, 0.1) is 11.8 Å². The number of aliphatic hydroxyl groups excluding tert-OH is 1. The molecule has 0 amide bonds. The van der Waals surface area contributed by atoms with Crippen LogP contribution in [0.15, 0.2) is 51.6 Å². The Morgan fingerprint density at radius 1 is 1.24 bits per heavy atom. The van der Waals surface area contributed by atoms with Gasteiger partial charge in [0.1, 0.15) is 5.76 Å². The van der Waals surface area contributed by atoms with Crippen LogP contribution >= 0.6 is 11.3 Å². The lowest BCUT2D eigenvalue weighted by molar-refractivity contribution is 0.246. The minimum Gasteiger partial charge on any atom is -0.452 e. The van der Waals surface area contributed by atoms with Crippen molar-refractivity contribution in [1.29, 1.82) is 0 Å². The molecule has 1 aliphatic heterocycles. The Balaban J connectivity index is 1.46. The van der Waals surface area contributed by atoms with E-state index in [-0.39, 0.29) is 12.6 Å². The monoisotopic (exact) mass is 460 g/mol. The van der Waals surface area contributed by atoms with Crippen molar-refractivity contribution >= 4 is 50.0 Å². The molecule has 6 nitrogen and oxygen atoms in total. The summed E-state index contributed by atoms with van der Waals surface area (Å²) in [7, 11) is 0. The number of anilines is 1. The number of hydrogen-bond acceptors (Lipinski definition) is 7. The normalized spacial score (nSPS) is 18.0. The number of aliphatic imine (C=N–C) groups is 1. The summed E-state index contributed by atoms with van der Waals surface area (Å²) in [6.45, 7) is 4.76. The lowest BCUT2D eigenvalue weighted by Gasteiger charge is -2.27. The number of fused-ring (bicyclic) bond motifs is 2. The zero-order valence-electron chi connectivity index (χ0n) is 18.9. The van der Waals surface area contributed by atoms with E-state index in [1.54, 1.807) is 17.5 Å². The van der Waals surface area contributed by atoms with Crippen LogP contribution in [0.4, 0.5) is 5.82 Å². The Bertz CT molecular complexity index is 1350. The van der Waals surface area contributed by atoms with Gasteiger partial charge in [-0.1, -0.05) is 19.9 Å². The first-order valence-electron chi connectivity index (χ1n) is 11.4. The largest absolute Gasteiger partial charge is 0.452 e. The van der Waals surface area contributed by atoms with Crippen molar-refractivity contribution in [3.05, 3.63) is 47.7 Å². The van der Waals surface area contributed by atoms with Gasteiger partial charge in [-0.2, -0.15) is 0 Å². The fraction of sp³-hybridized carbons (Fsp3) is 0.346. The topological polar surface area (TPSA) is 97.5 Å². The zero-order chi connectivity index (χ0) is 22.9. The zero-order valence-corrected chi connectivity index (χ0v) is 19.7. The molecule has 1 aliphatic rings. The SMILES string of the molecule is CC(CCCO)C(C)C1CC=C(c2cnc(N)c3oc(-c4csc5cnccc45)cc23)C=N1. The van der Waals surface area contributed by atoms with Crippen LogP contribution < -0.4 is 5.73 Å². The molecule has 0 saturated carbocycles. The highest BCUT2D eigenvalue weighted by Crippen LogP contribution is 2.39. The lowest BCUT2D eigenvalue weighted by atomic mass is 9.83. The van der Waals surface area contributed by atoms with Crippen LogP contribution in [-0.2, 0) is 0 Å². The van der Waals surface area contributed by atoms with E-state index < -0.39 is 0 Å². The van der Waals surface area contributed by atoms with Gasteiger partial charge in [0.25, 0.3) is 0 Å². The van der Waals surface area contributed by atoms with Crippen molar-refractivity contribution in [2.45, 2.75) is 39.2 Å². The van der Waals surface area contributed by atoms with Crippen molar-refractivity contribution in [2.24, 2.45) is 16.8 Å². The Kier molecular flexibility index (Phi) is 6.00. The van der Waals surface area contributed by atoms with Gasteiger partial charge >= 0.3 is 0 Å². The highest BCUT2D eigenvalue weighted by molar-refractivity contribution is 7.17. The molecule has 0 spiro atoms. The van der Waals surface area contributed by atoms with Crippen LogP contribution in [0.1, 0.15) is 38.7 Å². The number of rotatable bonds is 7. The lowest BCUT2D eigenvalue weighted by Crippen LogP contribution is -2.24. The molecule has 4 aromatic rings. The molecule has 3 N–H and O–H groups in total. The van der Waals surface area contributed by atoms with Crippen molar-refractivity contribution in [2.75, 3.05) is 12.3 Å². The third kappa shape index (κ3) is 4.07. The predicted molar refractivity (Wildman–Crippen MR) is 137 cm³/mol. The molecule has 0 radical (unpaired) electrons. The van der Waals surface area contributed by atoms with Crippen LogP contribution in [0.2, 0.25) is 0 Å². The van der Waals surface area contributed by atoms with Gasteiger partial charge in [0.2, 0.25) is 0 Å². The maximum absolute atomic E-state index is 9.12. The van der Waals surface area contributed by atoms with E-state index in [0.717, 1.165) is 57.2 Å². The van der Waals surface area contributed by atoms with Gasteiger partial charge in [0.15, 0.2) is 11.4 Å². The molecule has 5 rings (SSSR count). The van der Waals surface area contributed by atoms with Crippen molar-refractivity contribution in [3.8, 4) is 11.3 Å². The van der Waals surface area contributed by atoms with E-state index in [2.05, 4.69) is 41.3 Å².